The molecule has 0 saturated carbocycles. The molecule has 2 aromatic rings. The van der Waals surface area contributed by atoms with Crippen molar-refractivity contribution in [1.29, 1.82) is 0 Å². The average molecular weight is 318 g/mol. The second-order valence-electron chi connectivity index (χ2n) is 4.59. The molecule has 0 N–H and O–H groups in total. The lowest BCUT2D eigenvalue weighted by molar-refractivity contribution is 0.0943. The Hall–Kier alpha value is -1.45. The van der Waals surface area contributed by atoms with Crippen molar-refractivity contribution in [3.8, 4) is 0 Å². The van der Waals surface area contributed by atoms with Crippen molar-refractivity contribution in [2.24, 2.45) is 0 Å². The summed E-state index contributed by atoms with van der Waals surface area (Å²) in [6.07, 6.45) is 0. The van der Waals surface area contributed by atoms with Crippen LogP contribution in [0.4, 0.5) is 0 Å². The van der Waals surface area contributed by atoms with E-state index >= 15 is 0 Å². The normalized spacial score (nSPS) is 10.7. The minimum Gasteiger partial charge on any atom is -0.295 e. The van der Waals surface area contributed by atoms with Crippen molar-refractivity contribution in [3.63, 3.8) is 0 Å². The zero-order valence-electron chi connectivity index (χ0n) is 10.8. The van der Waals surface area contributed by atoms with E-state index in [1.54, 1.807) is 0 Å². The summed E-state index contributed by atoms with van der Waals surface area (Å²) in [5.74, 6) is 0.139. The van der Waals surface area contributed by atoms with Crippen LogP contribution in [0.15, 0.2) is 59.1 Å². The number of hydrogen-bond acceptors (Lipinski definition) is 2. The smallest absolute Gasteiger partial charge is 0.176 e. The van der Waals surface area contributed by atoms with Crippen LogP contribution < -0.4 is 0 Å². The van der Waals surface area contributed by atoms with Crippen LogP contribution in [0.25, 0.3) is 0 Å². The highest BCUT2D eigenvalue weighted by Crippen LogP contribution is 2.12. The third-order valence-corrected chi connectivity index (χ3v) is 3.35. The molecule has 0 spiro atoms. The van der Waals surface area contributed by atoms with E-state index in [0.717, 1.165) is 16.6 Å². The number of ketones is 1. The second kappa shape index (κ2) is 6.64. The summed E-state index contributed by atoms with van der Waals surface area (Å²) in [4.78, 5) is 14.2. The van der Waals surface area contributed by atoms with Gasteiger partial charge < -0.3 is 0 Å². The number of nitrogens with zero attached hydrogens (tertiary/aromatic N) is 1. The van der Waals surface area contributed by atoms with Gasteiger partial charge in [-0.25, -0.2) is 0 Å². The van der Waals surface area contributed by atoms with E-state index in [1.807, 2.05) is 54.4 Å². The molecule has 0 unspecified atom stereocenters. The van der Waals surface area contributed by atoms with Crippen molar-refractivity contribution in [2.45, 2.75) is 6.54 Å². The molecule has 0 aliphatic heterocycles. The van der Waals surface area contributed by atoms with Gasteiger partial charge in [0, 0.05) is 16.6 Å². The van der Waals surface area contributed by atoms with E-state index in [2.05, 4.69) is 28.1 Å². The summed E-state index contributed by atoms with van der Waals surface area (Å²) in [6, 6.07) is 17.7. The highest BCUT2D eigenvalue weighted by molar-refractivity contribution is 9.10. The van der Waals surface area contributed by atoms with Crippen LogP contribution in [0.3, 0.4) is 0 Å². The van der Waals surface area contributed by atoms with Crippen LogP contribution in [-0.2, 0) is 6.54 Å². The molecule has 0 aromatic heterocycles. The fraction of sp³-hybridized carbons (Fsp3) is 0.188. The Morgan fingerprint density at radius 1 is 1.11 bits per heavy atom. The number of benzene rings is 2. The molecule has 0 aliphatic rings. The number of likely N-dealkylation sites (N-methyl/N-ethyl adjacent to an activating group) is 1. The fourth-order valence-corrected chi connectivity index (χ4v) is 2.35. The van der Waals surface area contributed by atoms with Crippen LogP contribution in [0.1, 0.15) is 15.9 Å². The maximum atomic E-state index is 12.1. The van der Waals surface area contributed by atoms with Crippen LogP contribution >= 0.6 is 15.9 Å². The highest BCUT2D eigenvalue weighted by atomic mass is 79.9. The molecule has 19 heavy (non-hydrogen) atoms. The minimum absolute atomic E-state index is 0.139. The molecular weight excluding hydrogens is 302 g/mol. The molecule has 2 rings (SSSR count). The Labute approximate surface area is 122 Å². The number of halogens is 1. The van der Waals surface area contributed by atoms with Gasteiger partial charge in [-0.1, -0.05) is 58.4 Å². The number of carbonyl (C=O) groups is 1. The second-order valence-corrected chi connectivity index (χ2v) is 5.51. The van der Waals surface area contributed by atoms with E-state index in [4.69, 9.17) is 0 Å². The van der Waals surface area contributed by atoms with E-state index < -0.39 is 0 Å². The third-order valence-electron chi connectivity index (χ3n) is 2.86. The topological polar surface area (TPSA) is 20.3 Å². The van der Waals surface area contributed by atoms with E-state index in [9.17, 15) is 4.79 Å². The lowest BCUT2D eigenvalue weighted by Gasteiger charge is -2.15. The first-order valence-corrected chi connectivity index (χ1v) is 6.95. The van der Waals surface area contributed by atoms with Gasteiger partial charge in [-0.2, -0.15) is 0 Å². The highest BCUT2D eigenvalue weighted by Gasteiger charge is 2.09. The lowest BCUT2D eigenvalue weighted by Crippen LogP contribution is -2.25. The summed E-state index contributed by atoms with van der Waals surface area (Å²) in [5, 5.41) is 0. The molecule has 0 fully saturated rings. The van der Waals surface area contributed by atoms with Gasteiger partial charge >= 0.3 is 0 Å². The van der Waals surface area contributed by atoms with Crippen molar-refractivity contribution in [3.05, 3.63) is 70.2 Å². The van der Waals surface area contributed by atoms with Crippen molar-refractivity contribution in [1.82, 2.24) is 4.90 Å². The van der Waals surface area contributed by atoms with Gasteiger partial charge in [0.15, 0.2) is 5.78 Å². The fourth-order valence-electron chi connectivity index (χ4n) is 1.95. The minimum atomic E-state index is 0.139. The van der Waals surface area contributed by atoms with Gasteiger partial charge in [0.1, 0.15) is 0 Å². The Kier molecular flexibility index (Phi) is 4.88. The summed E-state index contributed by atoms with van der Waals surface area (Å²) in [5.41, 5.74) is 1.96. The Balaban J connectivity index is 1.95. The van der Waals surface area contributed by atoms with Gasteiger partial charge in [0.2, 0.25) is 0 Å². The predicted molar refractivity (Wildman–Crippen MR) is 81.2 cm³/mol. The molecule has 98 valence electrons. The molecule has 0 heterocycles. The van der Waals surface area contributed by atoms with Crippen molar-refractivity contribution >= 4 is 21.7 Å². The van der Waals surface area contributed by atoms with Gasteiger partial charge in [-0.05, 0) is 24.7 Å². The summed E-state index contributed by atoms with van der Waals surface area (Å²) >= 11 is 3.38. The third kappa shape index (κ3) is 4.30. The molecule has 0 aliphatic carbocycles. The molecule has 2 nitrogen and oxygen atoms in total. The summed E-state index contributed by atoms with van der Waals surface area (Å²) in [6.45, 7) is 1.20. The molecule has 3 heteroatoms. The van der Waals surface area contributed by atoms with E-state index in [1.165, 1.54) is 5.56 Å². The van der Waals surface area contributed by atoms with Gasteiger partial charge in [-0.15, -0.1) is 0 Å². The Morgan fingerprint density at radius 2 is 1.84 bits per heavy atom. The molecule has 0 bridgehead atoms. The van der Waals surface area contributed by atoms with Crippen LogP contribution in [0.5, 0.6) is 0 Å². The van der Waals surface area contributed by atoms with E-state index in [0.29, 0.717) is 6.54 Å². The maximum absolute atomic E-state index is 12.1. The van der Waals surface area contributed by atoms with Crippen LogP contribution in [0, 0.1) is 0 Å². The van der Waals surface area contributed by atoms with Crippen LogP contribution in [-0.4, -0.2) is 24.3 Å². The zero-order valence-corrected chi connectivity index (χ0v) is 12.4. The molecular formula is C16H16BrNO. The molecule has 0 radical (unpaired) electrons. The monoisotopic (exact) mass is 317 g/mol. The molecule has 0 atom stereocenters. The lowest BCUT2D eigenvalue weighted by atomic mass is 10.1. The first-order chi connectivity index (χ1) is 9.15. The first kappa shape index (κ1) is 14.0. The standard InChI is InChI=1S/C16H16BrNO/c1-18(11-13-6-3-2-4-7-13)12-16(19)14-8-5-9-15(17)10-14/h2-10H,11-12H2,1H3. The predicted octanol–water partition coefficient (Wildman–Crippen LogP) is 3.76. The van der Waals surface area contributed by atoms with Crippen LogP contribution in [0.2, 0.25) is 0 Å². The number of hydrogen-bond donors (Lipinski definition) is 0. The molecule has 0 saturated heterocycles. The maximum Gasteiger partial charge on any atom is 0.176 e. The van der Waals surface area contributed by atoms with Gasteiger partial charge in [0.05, 0.1) is 6.54 Å². The van der Waals surface area contributed by atoms with Crippen molar-refractivity contribution in [2.75, 3.05) is 13.6 Å². The summed E-state index contributed by atoms with van der Waals surface area (Å²) < 4.78 is 0.934. The average Bonchev–Trinajstić information content (AvgIpc) is 2.39. The van der Waals surface area contributed by atoms with Gasteiger partial charge in [0.25, 0.3) is 0 Å². The molecule has 2 aromatic carbocycles. The summed E-state index contributed by atoms with van der Waals surface area (Å²) in [7, 11) is 1.96. The quantitative estimate of drug-likeness (QED) is 0.782. The SMILES string of the molecule is CN(CC(=O)c1cccc(Br)c1)Cc1ccccc1. The van der Waals surface area contributed by atoms with E-state index in [-0.39, 0.29) is 5.78 Å². The Bertz CT molecular complexity index is 554. The number of carbonyl (C=O) groups excluding carboxylic acids is 1. The Morgan fingerprint density at radius 3 is 2.53 bits per heavy atom. The van der Waals surface area contributed by atoms with Gasteiger partial charge in [-0.3, -0.25) is 9.69 Å². The first-order valence-electron chi connectivity index (χ1n) is 6.16. The number of rotatable bonds is 5. The zero-order chi connectivity index (χ0) is 13.7. The van der Waals surface area contributed by atoms with Crippen molar-refractivity contribution < 1.29 is 4.79 Å². The molecule has 0 amide bonds. The largest absolute Gasteiger partial charge is 0.295 e. The number of Topliss-reactive ketones (excluding diaryl/α,β-unsaturated/α-hetero) is 1.